The highest BCUT2D eigenvalue weighted by atomic mass is 16.5. The smallest absolute Gasteiger partial charge is 0.159 e. The monoisotopic (exact) mass is 303 g/mol. The third kappa shape index (κ3) is 5.45. The highest BCUT2D eigenvalue weighted by molar-refractivity contribution is 5.94. The molecule has 0 bridgehead atoms. The number of hydrogen-bond donors (Lipinski definition) is 0. The summed E-state index contributed by atoms with van der Waals surface area (Å²) in [6, 6.07) is 7.41. The molecule has 0 N–H and O–H groups in total. The van der Waals surface area contributed by atoms with Crippen molar-refractivity contribution in [1.29, 1.82) is 0 Å². The van der Waals surface area contributed by atoms with Crippen LogP contribution in [0, 0.1) is 11.8 Å². The molecule has 0 spiro atoms. The summed E-state index contributed by atoms with van der Waals surface area (Å²) in [5.41, 5.74) is 0.737. The number of carbonyl (C=O) groups is 1. The minimum absolute atomic E-state index is 0.0940. The lowest BCUT2D eigenvalue weighted by molar-refractivity contribution is 0.101. The Kier molecular flexibility index (Phi) is 6.44. The molecule has 1 fully saturated rings. The molecule has 1 aliphatic rings. The standard InChI is InChI=1S/C19H29NO2/c1-15-12-16(2)14-20(13-15)10-4-5-11-22-19-8-6-18(7-9-19)17(3)21/h6-9,15-16H,4-5,10-14H2,1-3H3/t15-,16+. The van der Waals surface area contributed by atoms with E-state index in [0.29, 0.717) is 0 Å². The fourth-order valence-electron chi connectivity index (χ4n) is 3.39. The molecule has 2 rings (SSSR count). The Balaban J connectivity index is 1.62. The zero-order valence-corrected chi connectivity index (χ0v) is 14.2. The molecule has 0 radical (unpaired) electrons. The van der Waals surface area contributed by atoms with Gasteiger partial charge in [-0.25, -0.2) is 0 Å². The van der Waals surface area contributed by atoms with E-state index in [4.69, 9.17) is 4.74 Å². The first-order valence-corrected chi connectivity index (χ1v) is 8.50. The number of benzene rings is 1. The molecule has 2 atom stereocenters. The Morgan fingerprint density at radius 1 is 1.14 bits per heavy atom. The molecule has 0 aliphatic carbocycles. The molecule has 22 heavy (non-hydrogen) atoms. The summed E-state index contributed by atoms with van der Waals surface area (Å²) in [7, 11) is 0. The molecule has 1 aromatic rings. The normalized spacial score (nSPS) is 22.5. The quantitative estimate of drug-likeness (QED) is 0.563. The first kappa shape index (κ1) is 17.0. The van der Waals surface area contributed by atoms with E-state index >= 15 is 0 Å². The Morgan fingerprint density at radius 2 is 1.77 bits per heavy atom. The van der Waals surface area contributed by atoms with Crippen LogP contribution in [0.5, 0.6) is 5.75 Å². The molecule has 1 aromatic carbocycles. The summed E-state index contributed by atoms with van der Waals surface area (Å²) in [6.07, 6.45) is 3.63. The van der Waals surface area contributed by atoms with Crippen LogP contribution in [0.15, 0.2) is 24.3 Å². The summed E-state index contributed by atoms with van der Waals surface area (Å²) in [4.78, 5) is 13.8. The van der Waals surface area contributed by atoms with E-state index in [1.807, 2.05) is 24.3 Å². The van der Waals surface area contributed by atoms with Gasteiger partial charge in [-0.15, -0.1) is 0 Å². The molecule has 0 aromatic heterocycles. The first-order valence-electron chi connectivity index (χ1n) is 8.50. The molecule has 3 nitrogen and oxygen atoms in total. The van der Waals surface area contributed by atoms with Crippen molar-refractivity contribution < 1.29 is 9.53 Å². The Hall–Kier alpha value is -1.35. The van der Waals surface area contributed by atoms with Gasteiger partial charge in [0.05, 0.1) is 6.61 Å². The average molecular weight is 303 g/mol. The van der Waals surface area contributed by atoms with Crippen molar-refractivity contribution in [3.8, 4) is 5.75 Å². The van der Waals surface area contributed by atoms with E-state index in [2.05, 4.69) is 18.7 Å². The third-order valence-electron chi connectivity index (χ3n) is 4.34. The molecule has 122 valence electrons. The molecule has 3 heteroatoms. The van der Waals surface area contributed by atoms with Gasteiger partial charge < -0.3 is 9.64 Å². The van der Waals surface area contributed by atoms with Crippen molar-refractivity contribution in [2.75, 3.05) is 26.2 Å². The van der Waals surface area contributed by atoms with Crippen LogP contribution < -0.4 is 4.74 Å². The SMILES string of the molecule is CC(=O)c1ccc(OCCCCN2C[C@H](C)C[C@H](C)C2)cc1. The largest absolute Gasteiger partial charge is 0.494 e. The Labute approximate surface area is 134 Å². The van der Waals surface area contributed by atoms with Gasteiger partial charge in [0, 0.05) is 18.7 Å². The summed E-state index contributed by atoms with van der Waals surface area (Å²) < 4.78 is 5.74. The van der Waals surface area contributed by atoms with Gasteiger partial charge in [0.25, 0.3) is 0 Å². The highest BCUT2D eigenvalue weighted by Crippen LogP contribution is 2.21. The number of piperidine rings is 1. The summed E-state index contributed by atoms with van der Waals surface area (Å²) in [6.45, 7) is 10.7. The Bertz CT molecular complexity index is 459. The minimum atomic E-state index is 0.0940. The number of hydrogen-bond acceptors (Lipinski definition) is 3. The van der Waals surface area contributed by atoms with Crippen LogP contribution in [0.4, 0.5) is 0 Å². The third-order valence-corrected chi connectivity index (χ3v) is 4.34. The second-order valence-corrected chi connectivity index (χ2v) is 6.84. The highest BCUT2D eigenvalue weighted by Gasteiger charge is 2.20. The van der Waals surface area contributed by atoms with Crippen LogP contribution in [0.3, 0.4) is 0 Å². The molecular formula is C19H29NO2. The van der Waals surface area contributed by atoms with E-state index in [1.54, 1.807) is 6.92 Å². The van der Waals surface area contributed by atoms with Crippen LogP contribution in [0.25, 0.3) is 0 Å². The first-order chi connectivity index (χ1) is 10.5. The molecule has 0 amide bonds. The van der Waals surface area contributed by atoms with Gasteiger partial charge in [0.1, 0.15) is 5.75 Å². The van der Waals surface area contributed by atoms with Crippen LogP contribution >= 0.6 is 0 Å². The van der Waals surface area contributed by atoms with Crippen molar-refractivity contribution in [2.45, 2.75) is 40.0 Å². The number of likely N-dealkylation sites (tertiary alicyclic amines) is 1. The predicted octanol–water partition coefficient (Wildman–Crippen LogP) is 4.03. The van der Waals surface area contributed by atoms with Gasteiger partial charge in [-0.1, -0.05) is 13.8 Å². The fraction of sp³-hybridized carbons (Fsp3) is 0.632. The zero-order chi connectivity index (χ0) is 15.9. The maximum atomic E-state index is 11.2. The van der Waals surface area contributed by atoms with Crippen molar-refractivity contribution in [3.05, 3.63) is 29.8 Å². The lowest BCUT2D eigenvalue weighted by Gasteiger charge is -2.34. The number of ketones is 1. The molecule has 0 unspecified atom stereocenters. The van der Waals surface area contributed by atoms with E-state index < -0.39 is 0 Å². The van der Waals surface area contributed by atoms with Crippen molar-refractivity contribution in [1.82, 2.24) is 4.90 Å². The topological polar surface area (TPSA) is 29.5 Å². The van der Waals surface area contributed by atoms with Gasteiger partial charge in [-0.05, 0) is 68.8 Å². The van der Waals surface area contributed by atoms with Crippen LogP contribution in [0.1, 0.15) is 50.4 Å². The van der Waals surface area contributed by atoms with Crippen LogP contribution in [-0.2, 0) is 0 Å². The molecule has 0 saturated carbocycles. The van der Waals surface area contributed by atoms with Crippen molar-refractivity contribution in [3.63, 3.8) is 0 Å². The number of ether oxygens (including phenoxy) is 1. The molecule has 1 aliphatic heterocycles. The fourth-order valence-corrected chi connectivity index (χ4v) is 3.39. The minimum Gasteiger partial charge on any atom is -0.494 e. The second kappa shape index (κ2) is 8.33. The van der Waals surface area contributed by atoms with E-state index in [0.717, 1.165) is 36.2 Å². The van der Waals surface area contributed by atoms with Gasteiger partial charge in [0.2, 0.25) is 0 Å². The zero-order valence-electron chi connectivity index (χ0n) is 14.2. The van der Waals surface area contributed by atoms with Crippen LogP contribution in [0.2, 0.25) is 0 Å². The lowest BCUT2D eigenvalue weighted by atomic mass is 9.92. The predicted molar refractivity (Wildman–Crippen MR) is 90.6 cm³/mol. The van der Waals surface area contributed by atoms with E-state index in [1.165, 1.54) is 32.5 Å². The number of unbranched alkanes of at least 4 members (excludes halogenated alkanes) is 1. The number of Topliss-reactive ketones (excluding diaryl/α,β-unsaturated/α-hetero) is 1. The van der Waals surface area contributed by atoms with Crippen molar-refractivity contribution in [2.24, 2.45) is 11.8 Å². The molecular weight excluding hydrogens is 274 g/mol. The van der Waals surface area contributed by atoms with Gasteiger partial charge in [-0.3, -0.25) is 4.79 Å². The molecule has 1 heterocycles. The maximum absolute atomic E-state index is 11.2. The Morgan fingerprint density at radius 3 is 2.36 bits per heavy atom. The number of carbonyl (C=O) groups excluding carboxylic acids is 1. The van der Waals surface area contributed by atoms with Gasteiger partial charge >= 0.3 is 0 Å². The van der Waals surface area contributed by atoms with Gasteiger partial charge in [0.15, 0.2) is 5.78 Å². The lowest BCUT2D eigenvalue weighted by Crippen LogP contribution is -2.39. The molecule has 1 saturated heterocycles. The maximum Gasteiger partial charge on any atom is 0.159 e. The van der Waals surface area contributed by atoms with Crippen LogP contribution in [-0.4, -0.2) is 36.9 Å². The summed E-state index contributed by atoms with van der Waals surface area (Å²) >= 11 is 0. The van der Waals surface area contributed by atoms with Gasteiger partial charge in [-0.2, -0.15) is 0 Å². The summed E-state index contributed by atoms with van der Waals surface area (Å²) in [5.74, 6) is 2.61. The van der Waals surface area contributed by atoms with E-state index in [-0.39, 0.29) is 5.78 Å². The number of rotatable bonds is 7. The average Bonchev–Trinajstić information content (AvgIpc) is 2.46. The van der Waals surface area contributed by atoms with Crippen molar-refractivity contribution >= 4 is 5.78 Å². The number of nitrogens with zero attached hydrogens (tertiary/aromatic N) is 1. The second-order valence-electron chi connectivity index (χ2n) is 6.84. The van der Waals surface area contributed by atoms with E-state index in [9.17, 15) is 4.79 Å². The summed E-state index contributed by atoms with van der Waals surface area (Å²) in [5, 5.41) is 0.